The highest BCUT2D eigenvalue weighted by Crippen LogP contribution is 2.33. The molecule has 0 saturated heterocycles. The van der Waals surface area contributed by atoms with Crippen LogP contribution in [-0.4, -0.2) is 0 Å². The first-order chi connectivity index (χ1) is 8.49. The highest BCUT2D eigenvalue weighted by Gasteiger charge is 2.09. The average molecular weight is 264 g/mol. The lowest BCUT2D eigenvalue weighted by molar-refractivity contribution is 0.628. The van der Waals surface area contributed by atoms with E-state index in [1.807, 2.05) is 24.3 Å². The molecule has 0 atom stereocenters. The first-order valence-electron chi connectivity index (χ1n) is 5.84. The van der Waals surface area contributed by atoms with Crippen LogP contribution in [-0.2, 0) is 0 Å². The van der Waals surface area contributed by atoms with Gasteiger partial charge < -0.3 is 5.73 Å². The van der Waals surface area contributed by atoms with Crippen molar-refractivity contribution in [2.45, 2.75) is 19.8 Å². The van der Waals surface area contributed by atoms with E-state index < -0.39 is 0 Å². The summed E-state index contributed by atoms with van der Waals surface area (Å²) in [6.45, 7) is 4.25. The van der Waals surface area contributed by atoms with Crippen molar-refractivity contribution in [2.24, 2.45) is 0 Å². The zero-order valence-corrected chi connectivity index (χ0v) is 11.1. The summed E-state index contributed by atoms with van der Waals surface area (Å²) >= 11 is 5.89. The molecule has 0 bridgehead atoms. The molecule has 2 N–H and O–H groups in total. The van der Waals surface area contributed by atoms with Crippen molar-refractivity contribution in [1.82, 2.24) is 0 Å². The summed E-state index contributed by atoms with van der Waals surface area (Å²) in [6.07, 6.45) is 0. The zero-order valence-electron chi connectivity index (χ0n) is 10.4. The van der Waals surface area contributed by atoms with E-state index in [2.05, 4.69) is 13.8 Å². The summed E-state index contributed by atoms with van der Waals surface area (Å²) in [6, 6.07) is 10.6. The maximum Gasteiger partial charge on any atom is 0.125 e. The Morgan fingerprint density at radius 3 is 2.28 bits per heavy atom. The molecule has 0 spiro atoms. The van der Waals surface area contributed by atoms with E-state index in [0.717, 1.165) is 5.56 Å². The van der Waals surface area contributed by atoms with E-state index >= 15 is 0 Å². The number of anilines is 1. The molecule has 0 unspecified atom stereocenters. The highest BCUT2D eigenvalue weighted by molar-refractivity contribution is 6.33. The lowest BCUT2D eigenvalue weighted by Gasteiger charge is -2.10. The van der Waals surface area contributed by atoms with Crippen LogP contribution in [0.2, 0.25) is 5.02 Å². The minimum Gasteiger partial charge on any atom is -0.397 e. The molecule has 3 heteroatoms. The Morgan fingerprint density at radius 1 is 1.11 bits per heavy atom. The Kier molecular flexibility index (Phi) is 3.58. The smallest absolute Gasteiger partial charge is 0.125 e. The van der Waals surface area contributed by atoms with Gasteiger partial charge in [-0.2, -0.15) is 0 Å². The Morgan fingerprint density at radius 2 is 1.72 bits per heavy atom. The molecule has 0 aliphatic carbocycles. The molecular weight excluding hydrogens is 249 g/mol. The summed E-state index contributed by atoms with van der Waals surface area (Å²) in [5.41, 5.74) is 9.04. The first-order valence-corrected chi connectivity index (χ1v) is 6.21. The number of nitrogens with two attached hydrogens (primary N) is 1. The molecule has 0 aliphatic rings. The second-order valence-corrected chi connectivity index (χ2v) is 5.03. The van der Waals surface area contributed by atoms with Crippen LogP contribution >= 0.6 is 11.6 Å². The van der Waals surface area contributed by atoms with Gasteiger partial charge in [0, 0.05) is 5.56 Å². The fourth-order valence-electron chi connectivity index (χ4n) is 1.87. The zero-order chi connectivity index (χ0) is 13.3. The van der Waals surface area contributed by atoms with Crippen LogP contribution in [0.3, 0.4) is 0 Å². The maximum absolute atomic E-state index is 13.4. The van der Waals surface area contributed by atoms with Crippen molar-refractivity contribution in [3.8, 4) is 11.1 Å². The van der Waals surface area contributed by atoms with Gasteiger partial charge >= 0.3 is 0 Å². The Hall–Kier alpha value is -1.54. The van der Waals surface area contributed by atoms with Crippen LogP contribution in [0, 0.1) is 5.82 Å². The van der Waals surface area contributed by atoms with Crippen molar-refractivity contribution in [3.63, 3.8) is 0 Å². The Bertz CT molecular complexity index is 561. The van der Waals surface area contributed by atoms with Crippen molar-refractivity contribution < 1.29 is 4.39 Å². The van der Waals surface area contributed by atoms with Gasteiger partial charge in [0.1, 0.15) is 5.82 Å². The molecule has 2 aromatic rings. The normalized spacial score (nSPS) is 10.9. The number of rotatable bonds is 2. The Labute approximate surface area is 111 Å². The van der Waals surface area contributed by atoms with E-state index in [0.29, 0.717) is 17.2 Å². The van der Waals surface area contributed by atoms with Crippen molar-refractivity contribution in [1.29, 1.82) is 0 Å². The predicted molar refractivity (Wildman–Crippen MR) is 75.3 cm³/mol. The summed E-state index contributed by atoms with van der Waals surface area (Å²) in [5.74, 6) is 0.0876. The number of hydrogen-bond donors (Lipinski definition) is 1. The van der Waals surface area contributed by atoms with E-state index in [4.69, 9.17) is 17.3 Å². The minimum atomic E-state index is -0.378. The van der Waals surface area contributed by atoms with Crippen LogP contribution in [0.25, 0.3) is 11.1 Å². The molecule has 2 rings (SSSR count). The molecule has 2 aromatic carbocycles. The lowest BCUT2D eigenvalue weighted by Crippen LogP contribution is -1.94. The molecule has 0 radical (unpaired) electrons. The van der Waals surface area contributed by atoms with Gasteiger partial charge in [0.25, 0.3) is 0 Å². The molecule has 94 valence electrons. The standard InChI is InChI=1S/C15H15ClFN/c1-9(2)10-3-5-11(6-4-10)13-7-12(17)8-14(16)15(13)18/h3-9H,18H2,1-2H3. The average Bonchev–Trinajstić information content (AvgIpc) is 2.34. The summed E-state index contributed by atoms with van der Waals surface area (Å²) in [5, 5.41) is 0.248. The molecular formula is C15H15ClFN. The van der Waals surface area contributed by atoms with E-state index in [-0.39, 0.29) is 10.8 Å². The van der Waals surface area contributed by atoms with Gasteiger partial charge in [-0.15, -0.1) is 0 Å². The summed E-state index contributed by atoms with van der Waals surface area (Å²) in [4.78, 5) is 0. The molecule has 18 heavy (non-hydrogen) atoms. The fraction of sp³-hybridized carbons (Fsp3) is 0.200. The Balaban J connectivity index is 2.49. The molecule has 0 aliphatic heterocycles. The third kappa shape index (κ3) is 2.49. The second-order valence-electron chi connectivity index (χ2n) is 4.63. The highest BCUT2D eigenvalue weighted by atomic mass is 35.5. The number of benzene rings is 2. The second kappa shape index (κ2) is 4.99. The first kappa shape index (κ1) is 12.9. The molecule has 0 amide bonds. The van der Waals surface area contributed by atoms with E-state index in [1.165, 1.54) is 17.7 Å². The molecule has 0 fully saturated rings. The predicted octanol–water partition coefficient (Wildman–Crippen LogP) is 4.85. The quantitative estimate of drug-likeness (QED) is 0.770. The maximum atomic E-state index is 13.4. The van der Waals surface area contributed by atoms with Gasteiger partial charge in [-0.1, -0.05) is 49.7 Å². The van der Waals surface area contributed by atoms with Crippen molar-refractivity contribution in [3.05, 3.63) is 52.8 Å². The van der Waals surface area contributed by atoms with Gasteiger partial charge in [0.15, 0.2) is 0 Å². The van der Waals surface area contributed by atoms with Gasteiger partial charge in [-0.25, -0.2) is 4.39 Å². The lowest BCUT2D eigenvalue weighted by atomic mass is 9.98. The van der Waals surface area contributed by atoms with Gasteiger partial charge in [-0.3, -0.25) is 0 Å². The number of nitrogen functional groups attached to an aromatic ring is 1. The van der Waals surface area contributed by atoms with Crippen molar-refractivity contribution in [2.75, 3.05) is 5.73 Å². The van der Waals surface area contributed by atoms with E-state index in [1.54, 1.807) is 0 Å². The fourth-order valence-corrected chi connectivity index (χ4v) is 2.08. The SMILES string of the molecule is CC(C)c1ccc(-c2cc(F)cc(Cl)c2N)cc1. The minimum absolute atomic E-state index is 0.248. The molecule has 0 heterocycles. The topological polar surface area (TPSA) is 26.0 Å². The van der Waals surface area contributed by atoms with Gasteiger partial charge in [0.05, 0.1) is 10.7 Å². The molecule has 1 nitrogen and oxygen atoms in total. The monoisotopic (exact) mass is 263 g/mol. The molecule has 0 saturated carbocycles. The van der Waals surface area contributed by atoms with Gasteiger partial charge in [-0.05, 0) is 29.2 Å². The van der Waals surface area contributed by atoms with Crippen LogP contribution < -0.4 is 5.73 Å². The van der Waals surface area contributed by atoms with Crippen LogP contribution in [0.1, 0.15) is 25.3 Å². The largest absolute Gasteiger partial charge is 0.397 e. The van der Waals surface area contributed by atoms with Gasteiger partial charge in [0.2, 0.25) is 0 Å². The summed E-state index contributed by atoms with van der Waals surface area (Å²) < 4.78 is 13.4. The van der Waals surface area contributed by atoms with Crippen LogP contribution in [0.15, 0.2) is 36.4 Å². The van der Waals surface area contributed by atoms with Crippen LogP contribution in [0.4, 0.5) is 10.1 Å². The number of hydrogen-bond acceptors (Lipinski definition) is 1. The number of halogens is 2. The third-order valence-corrected chi connectivity index (χ3v) is 3.30. The molecule has 0 aromatic heterocycles. The van der Waals surface area contributed by atoms with E-state index in [9.17, 15) is 4.39 Å². The van der Waals surface area contributed by atoms with Crippen LogP contribution in [0.5, 0.6) is 0 Å². The summed E-state index contributed by atoms with van der Waals surface area (Å²) in [7, 11) is 0. The third-order valence-electron chi connectivity index (χ3n) is 2.98. The van der Waals surface area contributed by atoms with Crippen molar-refractivity contribution >= 4 is 17.3 Å².